The van der Waals surface area contributed by atoms with Crippen molar-refractivity contribution in [3.05, 3.63) is 12.7 Å². The predicted molar refractivity (Wildman–Crippen MR) is 59.8 cm³/mol. The number of ether oxygens (including phenoxy) is 2. The van der Waals surface area contributed by atoms with Crippen LogP contribution in [0.4, 0.5) is 4.79 Å². The number of hydrogen-bond acceptors (Lipinski definition) is 3. The van der Waals surface area contributed by atoms with Crippen molar-refractivity contribution >= 4 is 6.09 Å². The molecule has 1 atom stereocenters. The molecule has 4 nitrogen and oxygen atoms in total. The van der Waals surface area contributed by atoms with Gasteiger partial charge in [0.2, 0.25) is 0 Å². The lowest BCUT2D eigenvalue weighted by atomic mass is 10.2. The van der Waals surface area contributed by atoms with Crippen molar-refractivity contribution in [2.75, 3.05) is 13.7 Å². The molecule has 0 aromatic carbocycles. The molecule has 0 radical (unpaired) electrons. The Balaban J connectivity index is 3.96. The minimum absolute atomic E-state index is 0.111. The van der Waals surface area contributed by atoms with E-state index in [4.69, 9.17) is 9.47 Å². The first-order valence-corrected chi connectivity index (χ1v) is 5.00. The molecule has 0 spiro atoms. The third kappa shape index (κ3) is 8.00. The number of nitrogens with one attached hydrogen (secondary N) is 1. The lowest BCUT2D eigenvalue weighted by Gasteiger charge is -2.22. The lowest BCUT2D eigenvalue weighted by molar-refractivity contribution is 0.0506. The fourth-order valence-electron chi connectivity index (χ4n) is 0.953. The first-order chi connectivity index (χ1) is 6.89. The van der Waals surface area contributed by atoms with E-state index in [0.717, 1.165) is 0 Å². The second-order valence-electron chi connectivity index (χ2n) is 4.27. The number of rotatable bonds is 5. The van der Waals surface area contributed by atoms with E-state index >= 15 is 0 Å². The molecule has 0 saturated carbocycles. The normalized spacial score (nSPS) is 13.1. The van der Waals surface area contributed by atoms with E-state index < -0.39 is 11.7 Å². The number of carbonyl (C=O) groups excluding carboxylic acids is 1. The fourth-order valence-corrected chi connectivity index (χ4v) is 0.953. The van der Waals surface area contributed by atoms with Gasteiger partial charge < -0.3 is 14.8 Å². The Morgan fingerprint density at radius 3 is 2.53 bits per heavy atom. The van der Waals surface area contributed by atoms with Gasteiger partial charge in [-0.25, -0.2) is 4.79 Å². The minimum atomic E-state index is -0.475. The van der Waals surface area contributed by atoms with Crippen molar-refractivity contribution < 1.29 is 14.3 Å². The summed E-state index contributed by atoms with van der Waals surface area (Å²) in [6.07, 6.45) is 1.94. The second-order valence-corrected chi connectivity index (χ2v) is 4.27. The molecule has 0 bridgehead atoms. The molecule has 0 aliphatic carbocycles. The fraction of sp³-hybridized carbons (Fsp3) is 0.727. The zero-order valence-electron chi connectivity index (χ0n) is 10.0. The summed E-state index contributed by atoms with van der Waals surface area (Å²) in [5.41, 5.74) is -0.475. The van der Waals surface area contributed by atoms with E-state index in [0.29, 0.717) is 13.0 Å². The molecule has 0 aliphatic rings. The molecule has 0 fully saturated rings. The van der Waals surface area contributed by atoms with Gasteiger partial charge in [-0.1, -0.05) is 6.08 Å². The molecule has 0 aromatic heterocycles. The highest BCUT2D eigenvalue weighted by molar-refractivity contribution is 5.68. The summed E-state index contributed by atoms with van der Waals surface area (Å²) in [5, 5.41) is 2.70. The molecule has 1 N–H and O–H groups in total. The molecule has 15 heavy (non-hydrogen) atoms. The summed E-state index contributed by atoms with van der Waals surface area (Å²) in [6.45, 7) is 9.69. The minimum Gasteiger partial charge on any atom is -0.444 e. The van der Waals surface area contributed by atoms with Crippen LogP contribution in [-0.2, 0) is 9.47 Å². The summed E-state index contributed by atoms with van der Waals surface area (Å²) >= 11 is 0. The Kier molecular flexibility index (Phi) is 6.01. The van der Waals surface area contributed by atoms with Crippen LogP contribution >= 0.6 is 0 Å². The van der Waals surface area contributed by atoms with Crippen molar-refractivity contribution in [3.8, 4) is 0 Å². The van der Waals surface area contributed by atoms with Crippen LogP contribution in [0.5, 0.6) is 0 Å². The van der Waals surface area contributed by atoms with Crippen molar-refractivity contribution in [1.82, 2.24) is 5.32 Å². The van der Waals surface area contributed by atoms with E-state index in [-0.39, 0.29) is 6.04 Å². The highest BCUT2D eigenvalue weighted by Gasteiger charge is 2.17. The molecule has 0 heterocycles. The molecular weight excluding hydrogens is 194 g/mol. The first-order valence-electron chi connectivity index (χ1n) is 5.00. The second kappa shape index (κ2) is 6.45. The SMILES string of the molecule is C=C[C@@H](CCOC)NC(=O)OC(C)(C)C. The van der Waals surface area contributed by atoms with Gasteiger partial charge in [-0.3, -0.25) is 0 Å². The van der Waals surface area contributed by atoms with E-state index in [1.165, 1.54) is 0 Å². The number of alkyl carbamates (subject to hydrolysis) is 1. The van der Waals surface area contributed by atoms with E-state index in [2.05, 4.69) is 11.9 Å². The maximum atomic E-state index is 11.4. The van der Waals surface area contributed by atoms with Gasteiger partial charge in [-0.2, -0.15) is 0 Å². The highest BCUT2D eigenvalue weighted by atomic mass is 16.6. The van der Waals surface area contributed by atoms with Crippen molar-refractivity contribution in [3.63, 3.8) is 0 Å². The maximum Gasteiger partial charge on any atom is 0.408 e. The van der Waals surface area contributed by atoms with Gasteiger partial charge in [0.1, 0.15) is 5.60 Å². The van der Waals surface area contributed by atoms with Gasteiger partial charge >= 0.3 is 6.09 Å². The number of methoxy groups -OCH3 is 1. The van der Waals surface area contributed by atoms with Crippen molar-refractivity contribution in [1.29, 1.82) is 0 Å². The zero-order valence-corrected chi connectivity index (χ0v) is 10.0. The van der Waals surface area contributed by atoms with Crippen LogP contribution in [0, 0.1) is 0 Å². The average Bonchev–Trinajstić information content (AvgIpc) is 2.09. The first kappa shape index (κ1) is 14.0. The zero-order chi connectivity index (χ0) is 11.9. The van der Waals surface area contributed by atoms with Gasteiger partial charge in [0.05, 0.1) is 6.04 Å². The topological polar surface area (TPSA) is 47.6 Å². The number of carbonyl (C=O) groups is 1. The Morgan fingerprint density at radius 1 is 1.53 bits per heavy atom. The summed E-state index contributed by atoms with van der Waals surface area (Å²) in [5.74, 6) is 0. The van der Waals surface area contributed by atoms with Gasteiger partial charge in [-0.05, 0) is 27.2 Å². The highest BCUT2D eigenvalue weighted by Crippen LogP contribution is 2.07. The third-order valence-electron chi connectivity index (χ3n) is 1.62. The molecule has 0 unspecified atom stereocenters. The number of amides is 1. The Hall–Kier alpha value is -1.03. The van der Waals surface area contributed by atoms with E-state index in [9.17, 15) is 4.79 Å². The molecular formula is C11H21NO3. The average molecular weight is 215 g/mol. The third-order valence-corrected chi connectivity index (χ3v) is 1.62. The molecule has 4 heteroatoms. The largest absolute Gasteiger partial charge is 0.444 e. The quantitative estimate of drug-likeness (QED) is 0.714. The Morgan fingerprint density at radius 2 is 2.13 bits per heavy atom. The van der Waals surface area contributed by atoms with Crippen LogP contribution in [-0.4, -0.2) is 31.5 Å². The smallest absolute Gasteiger partial charge is 0.408 e. The van der Waals surface area contributed by atoms with Crippen LogP contribution in [0.15, 0.2) is 12.7 Å². The maximum absolute atomic E-state index is 11.4. The molecule has 0 rings (SSSR count). The lowest BCUT2D eigenvalue weighted by Crippen LogP contribution is -2.38. The van der Waals surface area contributed by atoms with E-state index in [1.807, 2.05) is 20.8 Å². The van der Waals surface area contributed by atoms with Crippen LogP contribution in [0.3, 0.4) is 0 Å². The Labute approximate surface area is 91.6 Å². The van der Waals surface area contributed by atoms with Crippen molar-refractivity contribution in [2.24, 2.45) is 0 Å². The molecule has 0 aliphatic heterocycles. The summed E-state index contributed by atoms with van der Waals surface area (Å²) in [7, 11) is 1.62. The predicted octanol–water partition coefficient (Wildman–Crippen LogP) is 2.10. The van der Waals surface area contributed by atoms with Crippen LogP contribution in [0.1, 0.15) is 27.2 Å². The summed E-state index contributed by atoms with van der Waals surface area (Å²) in [6, 6.07) is -0.111. The monoisotopic (exact) mass is 215 g/mol. The van der Waals surface area contributed by atoms with Gasteiger partial charge in [-0.15, -0.1) is 6.58 Å². The van der Waals surface area contributed by atoms with Gasteiger partial charge in [0.25, 0.3) is 0 Å². The van der Waals surface area contributed by atoms with E-state index in [1.54, 1.807) is 13.2 Å². The standard InChI is InChI=1S/C11H21NO3/c1-6-9(7-8-14-5)12-10(13)15-11(2,3)4/h6,9H,1,7-8H2,2-5H3,(H,12,13)/t9-/m0/s1. The van der Waals surface area contributed by atoms with Gasteiger partial charge in [0, 0.05) is 13.7 Å². The summed E-state index contributed by atoms with van der Waals surface area (Å²) < 4.78 is 10.0. The molecule has 1 amide bonds. The van der Waals surface area contributed by atoms with Crippen molar-refractivity contribution in [2.45, 2.75) is 38.8 Å². The van der Waals surface area contributed by atoms with Crippen LogP contribution in [0.2, 0.25) is 0 Å². The van der Waals surface area contributed by atoms with Crippen LogP contribution in [0.25, 0.3) is 0 Å². The van der Waals surface area contributed by atoms with Gasteiger partial charge in [0.15, 0.2) is 0 Å². The van der Waals surface area contributed by atoms with Crippen LogP contribution < -0.4 is 5.32 Å². The molecule has 0 aromatic rings. The molecule has 88 valence electrons. The number of hydrogen-bond donors (Lipinski definition) is 1. The Bertz CT molecular complexity index is 208. The summed E-state index contributed by atoms with van der Waals surface area (Å²) in [4.78, 5) is 11.4. The molecule has 0 saturated heterocycles.